The lowest BCUT2D eigenvalue weighted by Crippen LogP contribution is -2.37. The number of hydrogen-bond donors (Lipinski definition) is 2. The lowest BCUT2D eigenvalue weighted by molar-refractivity contribution is 0.331. The van der Waals surface area contributed by atoms with Gasteiger partial charge in [-0.3, -0.25) is 4.90 Å². The lowest BCUT2D eigenvalue weighted by atomic mass is 10.1. The van der Waals surface area contributed by atoms with Crippen LogP contribution in [0, 0.1) is 0 Å². The Kier molecular flexibility index (Phi) is 9.94. The van der Waals surface area contributed by atoms with Gasteiger partial charge in [-0.15, -0.1) is 30.6 Å². The second-order valence-electron chi connectivity index (χ2n) is 5.66. The van der Waals surface area contributed by atoms with Crippen LogP contribution >= 0.6 is 24.0 Å². The fourth-order valence-electron chi connectivity index (χ4n) is 2.63. The number of hydrogen-bond acceptors (Lipinski definition) is 2. The molecule has 0 atom stereocenters. The van der Waals surface area contributed by atoms with E-state index < -0.39 is 0 Å². The molecule has 2 rings (SSSR count). The van der Waals surface area contributed by atoms with Crippen LogP contribution in [0.4, 0.5) is 0 Å². The van der Waals surface area contributed by atoms with E-state index in [1.807, 2.05) is 6.08 Å². The highest BCUT2D eigenvalue weighted by Gasteiger charge is 2.11. The Bertz CT molecular complexity index is 478. The first-order chi connectivity index (χ1) is 10.8. The molecule has 0 saturated carbocycles. The molecular weight excluding hydrogens is 399 g/mol. The SMILES string of the molecule is C=CCNC(=NCc1ccc(CN2CCCC2)cc1)NCC.I. The van der Waals surface area contributed by atoms with E-state index in [0.29, 0.717) is 6.54 Å². The smallest absolute Gasteiger partial charge is 0.191 e. The van der Waals surface area contributed by atoms with Gasteiger partial charge in [0, 0.05) is 19.6 Å². The summed E-state index contributed by atoms with van der Waals surface area (Å²) in [6.45, 7) is 11.6. The second-order valence-corrected chi connectivity index (χ2v) is 5.66. The summed E-state index contributed by atoms with van der Waals surface area (Å²) >= 11 is 0. The monoisotopic (exact) mass is 428 g/mol. The number of nitrogens with zero attached hydrogens (tertiary/aromatic N) is 2. The van der Waals surface area contributed by atoms with E-state index in [-0.39, 0.29) is 24.0 Å². The third kappa shape index (κ3) is 7.35. The zero-order chi connectivity index (χ0) is 15.6. The zero-order valence-corrected chi connectivity index (χ0v) is 16.4. The Labute approximate surface area is 157 Å². The van der Waals surface area contributed by atoms with Gasteiger partial charge in [-0.2, -0.15) is 0 Å². The highest BCUT2D eigenvalue weighted by atomic mass is 127. The van der Waals surface area contributed by atoms with Crippen molar-refractivity contribution in [1.29, 1.82) is 0 Å². The first kappa shape index (κ1) is 20.0. The van der Waals surface area contributed by atoms with Crippen LogP contribution < -0.4 is 10.6 Å². The van der Waals surface area contributed by atoms with Crippen molar-refractivity contribution in [3.63, 3.8) is 0 Å². The third-order valence-electron chi connectivity index (χ3n) is 3.81. The molecule has 1 aromatic rings. The molecule has 4 nitrogen and oxygen atoms in total. The van der Waals surface area contributed by atoms with E-state index in [0.717, 1.165) is 25.6 Å². The molecule has 0 amide bonds. The van der Waals surface area contributed by atoms with Crippen LogP contribution in [0.1, 0.15) is 30.9 Å². The maximum atomic E-state index is 4.59. The van der Waals surface area contributed by atoms with Gasteiger partial charge in [0.25, 0.3) is 0 Å². The predicted molar refractivity (Wildman–Crippen MR) is 109 cm³/mol. The summed E-state index contributed by atoms with van der Waals surface area (Å²) in [7, 11) is 0. The fourth-order valence-corrected chi connectivity index (χ4v) is 2.63. The summed E-state index contributed by atoms with van der Waals surface area (Å²) < 4.78 is 0. The van der Waals surface area contributed by atoms with Crippen LogP contribution in [-0.2, 0) is 13.1 Å². The number of rotatable bonds is 7. The quantitative estimate of drug-likeness (QED) is 0.304. The van der Waals surface area contributed by atoms with Crippen molar-refractivity contribution >= 4 is 29.9 Å². The number of benzene rings is 1. The number of guanidine groups is 1. The van der Waals surface area contributed by atoms with Crippen LogP contribution in [0.5, 0.6) is 0 Å². The van der Waals surface area contributed by atoms with E-state index in [2.05, 4.69) is 58.3 Å². The Hall–Kier alpha value is -1.08. The molecular formula is C18H29IN4. The molecule has 0 bridgehead atoms. The van der Waals surface area contributed by atoms with E-state index in [1.54, 1.807) is 0 Å². The lowest BCUT2D eigenvalue weighted by Gasteiger charge is -2.14. The summed E-state index contributed by atoms with van der Waals surface area (Å²) in [4.78, 5) is 7.11. The van der Waals surface area contributed by atoms with Gasteiger partial charge in [-0.1, -0.05) is 30.3 Å². The zero-order valence-electron chi connectivity index (χ0n) is 14.1. The van der Waals surface area contributed by atoms with Gasteiger partial charge in [0.1, 0.15) is 0 Å². The van der Waals surface area contributed by atoms with Crippen LogP contribution in [0.25, 0.3) is 0 Å². The Balaban J connectivity index is 0.00000264. The minimum Gasteiger partial charge on any atom is -0.357 e. The molecule has 128 valence electrons. The topological polar surface area (TPSA) is 39.7 Å². The maximum Gasteiger partial charge on any atom is 0.191 e. The summed E-state index contributed by atoms with van der Waals surface area (Å²) in [5.41, 5.74) is 2.63. The van der Waals surface area contributed by atoms with Crippen LogP contribution in [0.3, 0.4) is 0 Å². The minimum atomic E-state index is 0. The van der Waals surface area contributed by atoms with Gasteiger partial charge >= 0.3 is 0 Å². The van der Waals surface area contributed by atoms with Crippen molar-refractivity contribution in [2.24, 2.45) is 4.99 Å². The average molecular weight is 428 g/mol. The van der Waals surface area contributed by atoms with Gasteiger partial charge in [-0.05, 0) is 44.0 Å². The molecule has 1 heterocycles. The molecule has 1 aromatic carbocycles. The van der Waals surface area contributed by atoms with Crippen LogP contribution in [0.2, 0.25) is 0 Å². The molecule has 1 saturated heterocycles. The maximum absolute atomic E-state index is 4.59. The molecule has 5 heteroatoms. The summed E-state index contributed by atoms with van der Waals surface area (Å²) in [6.07, 6.45) is 4.52. The van der Waals surface area contributed by atoms with E-state index >= 15 is 0 Å². The van der Waals surface area contributed by atoms with E-state index in [4.69, 9.17) is 0 Å². The van der Waals surface area contributed by atoms with Crippen molar-refractivity contribution in [2.45, 2.75) is 32.9 Å². The normalized spacial score (nSPS) is 15.1. The molecule has 0 unspecified atom stereocenters. The fraction of sp³-hybridized carbons (Fsp3) is 0.500. The second kappa shape index (κ2) is 11.5. The standard InChI is InChI=1S/C18H28N4.HI/c1-3-11-20-18(19-4-2)21-14-16-7-9-17(10-8-16)15-22-12-5-6-13-22;/h3,7-10H,1,4-6,11-15H2,2H3,(H2,19,20,21);1H. The van der Waals surface area contributed by atoms with Gasteiger partial charge in [0.2, 0.25) is 0 Å². The van der Waals surface area contributed by atoms with Crippen molar-refractivity contribution < 1.29 is 0 Å². The molecule has 23 heavy (non-hydrogen) atoms. The highest BCUT2D eigenvalue weighted by molar-refractivity contribution is 14.0. The largest absolute Gasteiger partial charge is 0.357 e. The van der Waals surface area contributed by atoms with Crippen molar-refractivity contribution in [1.82, 2.24) is 15.5 Å². The molecule has 1 fully saturated rings. The van der Waals surface area contributed by atoms with E-state index in [9.17, 15) is 0 Å². The van der Waals surface area contributed by atoms with Gasteiger partial charge in [0.05, 0.1) is 6.54 Å². The minimum absolute atomic E-state index is 0. The molecule has 1 aliphatic heterocycles. The average Bonchev–Trinajstić information content (AvgIpc) is 3.04. The van der Waals surface area contributed by atoms with Crippen molar-refractivity contribution in [3.05, 3.63) is 48.0 Å². The third-order valence-corrected chi connectivity index (χ3v) is 3.81. The van der Waals surface area contributed by atoms with Crippen LogP contribution in [0.15, 0.2) is 41.9 Å². The molecule has 1 aliphatic rings. The number of halogens is 1. The Morgan fingerprint density at radius 3 is 2.43 bits per heavy atom. The summed E-state index contributed by atoms with van der Waals surface area (Å²) in [5, 5.41) is 6.45. The summed E-state index contributed by atoms with van der Waals surface area (Å²) in [6, 6.07) is 8.83. The first-order valence-electron chi connectivity index (χ1n) is 8.25. The summed E-state index contributed by atoms with van der Waals surface area (Å²) in [5.74, 6) is 0.837. The molecule has 2 N–H and O–H groups in total. The first-order valence-corrected chi connectivity index (χ1v) is 8.25. The Morgan fingerprint density at radius 2 is 1.83 bits per heavy atom. The molecule has 0 radical (unpaired) electrons. The number of nitrogens with one attached hydrogen (secondary N) is 2. The molecule has 0 aromatic heterocycles. The number of likely N-dealkylation sites (tertiary alicyclic amines) is 1. The molecule has 0 aliphatic carbocycles. The molecule has 0 spiro atoms. The number of aliphatic imine (C=N–C) groups is 1. The van der Waals surface area contributed by atoms with Gasteiger partial charge < -0.3 is 10.6 Å². The van der Waals surface area contributed by atoms with Gasteiger partial charge in [0.15, 0.2) is 5.96 Å². The van der Waals surface area contributed by atoms with Crippen molar-refractivity contribution in [3.8, 4) is 0 Å². The van der Waals surface area contributed by atoms with E-state index in [1.165, 1.54) is 37.1 Å². The van der Waals surface area contributed by atoms with Crippen molar-refractivity contribution in [2.75, 3.05) is 26.2 Å². The Morgan fingerprint density at radius 1 is 1.17 bits per heavy atom. The van der Waals surface area contributed by atoms with Crippen LogP contribution in [-0.4, -0.2) is 37.0 Å². The highest BCUT2D eigenvalue weighted by Crippen LogP contribution is 2.13. The van der Waals surface area contributed by atoms with Gasteiger partial charge in [-0.25, -0.2) is 4.99 Å². The predicted octanol–water partition coefficient (Wildman–Crippen LogP) is 3.14.